The van der Waals surface area contributed by atoms with Gasteiger partial charge in [-0.15, -0.1) is 0 Å². The lowest BCUT2D eigenvalue weighted by Crippen LogP contribution is -2.30. The number of fused-ring (bicyclic) bond motifs is 1. The van der Waals surface area contributed by atoms with E-state index in [1.165, 1.54) is 0 Å². The van der Waals surface area contributed by atoms with E-state index in [1.54, 1.807) is 0 Å². The van der Waals surface area contributed by atoms with E-state index >= 15 is 0 Å². The number of rotatable bonds is 2. The van der Waals surface area contributed by atoms with Gasteiger partial charge in [0.05, 0.1) is 0 Å². The second kappa shape index (κ2) is 3.95. The van der Waals surface area contributed by atoms with Crippen LogP contribution in [0.25, 0.3) is 11.1 Å². The van der Waals surface area contributed by atoms with Crippen LogP contribution in [0.5, 0.6) is 0 Å². The molecular formula is C13H19N3O. The molecule has 0 amide bonds. The molecule has 1 atom stereocenters. The molecule has 0 saturated carbocycles. The minimum Gasteiger partial charge on any atom is -0.424 e. The van der Waals surface area contributed by atoms with Gasteiger partial charge < -0.3 is 15.5 Å². The zero-order valence-corrected chi connectivity index (χ0v) is 10.7. The number of hydrogen-bond donors (Lipinski definition) is 2. The number of hydrogen-bond acceptors (Lipinski definition) is 4. The van der Waals surface area contributed by atoms with Crippen molar-refractivity contribution in [1.29, 1.82) is 0 Å². The van der Waals surface area contributed by atoms with Gasteiger partial charge >= 0.3 is 0 Å². The van der Waals surface area contributed by atoms with Crippen LogP contribution in [0.3, 0.4) is 0 Å². The van der Waals surface area contributed by atoms with Gasteiger partial charge in [0.25, 0.3) is 6.01 Å². The number of benzene rings is 1. The zero-order chi connectivity index (χ0) is 12.6. The van der Waals surface area contributed by atoms with E-state index in [1.807, 2.05) is 18.2 Å². The van der Waals surface area contributed by atoms with Crippen LogP contribution >= 0.6 is 0 Å². The first kappa shape index (κ1) is 11.8. The summed E-state index contributed by atoms with van der Waals surface area (Å²) in [4.78, 5) is 4.37. The molecule has 0 fully saturated rings. The van der Waals surface area contributed by atoms with Crippen molar-refractivity contribution in [2.75, 3.05) is 11.1 Å². The largest absolute Gasteiger partial charge is 0.424 e. The third-order valence-electron chi connectivity index (χ3n) is 3.05. The van der Waals surface area contributed by atoms with E-state index in [9.17, 15) is 0 Å². The zero-order valence-electron chi connectivity index (χ0n) is 10.7. The average Bonchev–Trinajstić information content (AvgIpc) is 2.57. The van der Waals surface area contributed by atoms with Gasteiger partial charge in [-0.3, -0.25) is 0 Å². The van der Waals surface area contributed by atoms with Crippen molar-refractivity contribution in [3.05, 3.63) is 18.2 Å². The highest BCUT2D eigenvalue weighted by Gasteiger charge is 2.21. The standard InChI is InChI=1S/C13H19N3O/c1-8(13(2,3)4)15-12-16-10-7-9(14)5-6-11(10)17-12/h5-8H,14H2,1-4H3,(H,15,16). The van der Waals surface area contributed by atoms with Crippen LogP contribution in [-0.4, -0.2) is 11.0 Å². The summed E-state index contributed by atoms with van der Waals surface area (Å²) in [5.41, 5.74) is 8.09. The molecular weight excluding hydrogens is 214 g/mol. The minimum atomic E-state index is 0.152. The lowest BCUT2D eigenvalue weighted by molar-refractivity contribution is 0.353. The molecule has 1 aromatic heterocycles. The Kier molecular flexibility index (Phi) is 2.73. The van der Waals surface area contributed by atoms with Crippen molar-refractivity contribution in [3.63, 3.8) is 0 Å². The maximum Gasteiger partial charge on any atom is 0.295 e. The van der Waals surface area contributed by atoms with Crippen LogP contribution in [0, 0.1) is 5.41 Å². The number of nitrogen functional groups attached to an aromatic ring is 1. The van der Waals surface area contributed by atoms with Crippen LogP contribution < -0.4 is 11.1 Å². The quantitative estimate of drug-likeness (QED) is 0.781. The first-order valence-corrected chi connectivity index (χ1v) is 5.79. The number of nitrogens with zero attached hydrogens (tertiary/aromatic N) is 1. The molecule has 4 heteroatoms. The molecule has 17 heavy (non-hydrogen) atoms. The summed E-state index contributed by atoms with van der Waals surface area (Å²) < 4.78 is 5.61. The normalized spacial score (nSPS) is 13.9. The molecule has 92 valence electrons. The number of oxazole rings is 1. The minimum absolute atomic E-state index is 0.152. The van der Waals surface area contributed by atoms with Gasteiger partial charge in [-0.1, -0.05) is 20.8 Å². The maximum absolute atomic E-state index is 5.70. The molecule has 0 aliphatic rings. The highest BCUT2D eigenvalue weighted by Crippen LogP contribution is 2.25. The summed E-state index contributed by atoms with van der Waals surface area (Å²) in [6, 6.07) is 6.28. The van der Waals surface area contributed by atoms with Gasteiger partial charge in [0.15, 0.2) is 5.58 Å². The number of aromatic nitrogens is 1. The third kappa shape index (κ3) is 2.52. The summed E-state index contributed by atoms with van der Waals surface area (Å²) in [7, 11) is 0. The molecule has 1 aromatic carbocycles. The van der Waals surface area contributed by atoms with Gasteiger partial charge in [-0.05, 0) is 30.5 Å². The van der Waals surface area contributed by atoms with E-state index in [4.69, 9.17) is 10.2 Å². The first-order valence-electron chi connectivity index (χ1n) is 5.79. The van der Waals surface area contributed by atoms with Crippen LogP contribution in [0.1, 0.15) is 27.7 Å². The number of nitrogens with one attached hydrogen (secondary N) is 1. The second-order valence-corrected chi connectivity index (χ2v) is 5.48. The van der Waals surface area contributed by atoms with E-state index in [0.717, 1.165) is 11.1 Å². The van der Waals surface area contributed by atoms with Crippen molar-refractivity contribution < 1.29 is 4.42 Å². The lowest BCUT2D eigenvalue weighted by Gasteiger charge is -2.27. The summed E-state index contributed by atoms with van der Waals surface area (Å²) in [5, 5.41) is 3.27. The molecule has 0 saturated heterocycles. The second-order valence-electron chi connectivity index (χ2n) is 5.48. The predicted octanol–water partition coefficient (Wildman–Crippen LogP) is 3.26. The van der Waals surface area contributed by atoms with Crippen molar-refractivity contribution in [3.8, 4) is 0 Å². The fourth-order valence-electron chi connectivity index (χ4n) is 1.41. The van der Waals surface area contributed by atoms with Crippen molar-refractivity contribution in [2.45, 2.75) is 33.7 Å². The molecule has 4 nitrogen and oxygen atoms in total. The van der Waals surface area contributed by atoms with Crippen LogP contribution in [0.4, 0.5) is 11.7 Å². The Morgan fingerprint density at radius 1 is 1.35 bits per heavy atom. The summed E-state index contributed by atoms with van der Waals surface area (Å²) in [5.74, 6) is 0. The molecule has 1 unspecified atom stereocenters. The van der Waals surface area contributed by atoms with Crippen molar-refractivity contribution in [2.24, 2.45) is 5.41 Å². The Balaban J connectivity index is 2.25. The van der Waals surface area contributed by atoms with Crippen LogP contribution in [0.2, 0.25) is 0 Å². The maximum atomic E-state index is 5.70. The summed E-state index contributed by atoms with van der Waals surface area (Å²) in [6.45, 7) is 8.63. The molecule has 0 aliphatic heterocycles. The Hall–Kier alpha value is -1.71. The molecule has 0 spiro atoms. The number of nitrogens with two attached hydrogens (primary N) is 1. The Labute approximate surface area is 101 Å². The Bertz CT molecular complexity index is 525. The first-order chi connectivity index (χ1) is 7.86. The topological polar surface area (TPSA) is 64.1 Å². The Morgan fingerprint density at radius 3 is 2.71 bits per heavy atom. The molecule has 0 radical (unpaired) electrons. The average molecular weight is 233 g/mol. The predicted molar refractivity (Wildman–Crippen MR) is 71.0 cm³/mol. The summed E-state index contributed by atoms with van der Waals surface area (Å²) >= 11 is 0. The molecule has 3 N–H and O–H groups in total. The van der Waals surface area contributed by atoms with Gasteiger partial charge in [-0.2, -0.15) is 4.98 Å². The van der Waals surface area contributed by atoms with Gasteiger partial charge in [-0.25, -0.2) is 0 Å². The highest BCUT2D eigenvalue weighted by molar-refractivity contribution is 5.78. The Morgan fingerprint density at radius 2 is 2.06 bits per heavy atom. The van der Waals surface area contributed by atoms with Gasteiger partial charge in [0.1, 0.15) is 5.52 Å². The highest BCUT2D eigenvalue weighted by atomic mass is 16.4. The SMILES string of the molecule is CC(Nc1nc2cc(N)ccc2o1)C(C)(C)C. The van der Waals surface area contributed by atoms with E-state index in [2.05, 4.69) is 38.0 Å². The molecule has 1 heterocycles. The fraction of sp³-hybridized carbons (Fsp3) is 0.462. The van der Waals surface area contributed by atoms with Crippen LogP contribution in [0.15, 0.2) is 22.6 Å². The fourth-order valence-corrected chi connectivity index (χ4v) is 1.41. The van der Waals surface area contributed by atoms with Crippen molar-refractivity contribution in [1.82, 2.24) is 4.98 Å². The molecule has 2 aromatic rings. The van der Waals surface area contributed by atoms with Crippen molar-refractivity contribution >= 4 is 22.8 Å². The lowest BCUT2D eigenvalue weighted by atomic mass is 9.88. The van der Waals surface area contributed by atoms with Gasteiger partial charge in [0.2, 0.25) is 0 Å². The van der Waals surface area contributed by atoms with Gasteiger partial charge in [0, 0.05) is 11.7 Å². The monoisotopic (exact) mass is 233 g/mol. The third-order valence-corrected chi connectivity index (χ3v) is 3.05. The molecule has 0 bridgehead atoms. The van der Waals surface area contributed by atoms with E-state index in [-0.39, 0.29) is 11.5 Å². The van der Waals surface area contributed by atoms with E-state index in [0.29, 0.717) is 11.7 Å². The molecule has 0 aliphatic carbocycles. The number of anilines is 2. The van der Waals surface area contributed by atoms with E-state index < -0.39 is 0 Å². The smallest absolute Gasteiger partial charge is 0.295 e. The van der Waals surface area contributed by atoms with Crippen LogP contribution in [-0.2, 0) is 0 Å². The summed E-state index contributed by atoms with van der Waals surface area (Å²) in [6.07, 6.45) is 0. The molecule has 2 rings (SSSR count).